The fraction of sp³-hybridized carbons (Fsp3) is 0.727. The highest BCUT2D eigenvalue weighted by atomic mass is 16.5. The van der Waals surface area contributed by atoms with Gasteiger partial charge in [-0.2, -0.15) is 0 Å². The number of unbranched alkanes of at least 4 members (excludes halogenated alkanes) is 17. The molecule has 0 aliphatic heterocycles. The molecule has 0 aliphatic carbocycles. The molecule has 2 rings (SSSR count). The van der Waals surface area contributed by atoms with Gasteiger partial charge in [0.25, 0.3) is 0 Å². The number of rotatable bonds is 35. The minimum Gasteiger partial charge on any atom is -0.490 e. The molecule has 0 aromatic heterocycles. The number of aliphatic hydroxyl groups excluding tert-OH is 2. The maximum absolute atomic E-state index is 10.1. The lowest BCUT2D eigenvalue weighted by Gasteiger charge is -2.17. The second-order valence-electron chi connectivity index (χ2n) is 15.0. The van der Waals surface area contributed by atoms with E-state index in [-0.39, 0.29) is 13.2 Å². The van der Waals surface area contributed by atoms with Crippen molar-refractivity contribution in [1.29, 1.82) is 0 Å². The average molecular weight is 729 g/mol. The predicted octanol–water partition coefficient (Wildman–Crippen LogP) is 9.64. The molecule has 52 heavy (non-hydrogen) atoms. The lowest BCUT2D eigenvalue weighted by Crippen LogP contribution is -2.35. The summed E-state index contributed by atoms with van der Waals surface area (Å²) in [7, 11) is 0. The van der Waals surface area contributed by atoms with Crippen LogP contribution in [-0.2, 0) is 0 Å². The zero-order valence-corrected chi connectivity index (χ0v) is 33.4. The van der Waals surface area contributed by atoms with E-state index >= 15 is 0 Å². The van der Waals surface area contributed by atoms with Gasteiger partial charge in [-0.1, -0.05) is 155 Å². The molecular weight excluding hydrogens is 652 g/mol. The van der Waals surface area contributed by atoms with Crippen molar-refractivity contribution in [3.05, 3.63) is 48.5 Å². The Balaban J connectivity index is 1.32. The number of hydrogen-bond acceptors (Lipinski definition) is 8. The van der Waals surface area contributed by atoms with E-state index in [1.54, 1.807) is 0 Å². The van der Waals surface area contributed by atoms with Crippen molar-refractivity contribution in [2.75, 3.05) is 39.5 Å². The fourth-order valence-electron chi connectivity index (χ4n) is 6.01. The van der Waals surface area contributed by atoms with Crippen molar-refractivity contribution in [2.24, 2.45) is 0 Å². The highest BCUT2D eigenvalue weighted by molar-refractivity contribution is 5.40. The molecular formula is C44H76N2O6. The van der Waals surface area contributed by atoms with Gasteiger partial charge in [0, 0.05) is 25.2 Å². The predicted molar refractivity (Wildman–Crippen MR) is 216 cm³/mol. The van der Waals surface area contributed by atoms with Crippen molar-refractivity contribution >= 4 is 0 Å². The van der Waals surface area contributed by atoms with Crippen LogP contribution in [0.25, 0.3) is 0 Å². The summed E-state index contributed by atoms with van der Waals surface area (Å²) < 4.78 is 23.7. The molecule has 0 unspecified atom stereocenters. The molecule has 4 N–H and O–H groups in total. The second-order valence-corrected chi connectivity index (χ2v) is 15.0. The van der Waals surface area contributed by atoms with Crippen LogP contribution in [0.1, 0.15) is 143 Å². The lowest BCUT2D eigenvalue weighted by molar-refractivity contribution is 0.102. The van der Waals surface area contributed by atoms with E-state index in [1.807, 2.05) is 48.5 Å². The minimum absolute atomic E-state index is 0.250. The summed E-state index contributed by atoms with van der Waals surface area (Å²) in [6, 6.07) is 16.2. The third-order valence-electron chi connectivity index (χ3n) is 9.14. The Kier molecular flexibility index (Phi) is 27.1. The molecule has 0 amide bonds. The molecule has 2 aromatic carbocycles. The zero-order valence-electron chi connectivity index (χ0n) is 33.4. The molecule has 0 spiro atoms. The zero-order chi connectivity index (χ0) is 37.5. The molecule has 2 atom stereocenters. The van der Waals surface area contributed by atoms with E-state index < -0.39 is 12.2 Å². The maximum atomic E-state index is 10.1. The van der Waals surface area contributed by atoms with Crippen LogP contribution in [-0.4, -0.2) is 74.0 Å². The Morgan fingerprint density at radius 2 is 0.654 bits per heavy atom. The van der Waals surface area contributed by atoms with Gasteiger partial charge >= 0.3 is 0 Å². The van der Waals surface area contributed by atoms with E-state index in [4.69, 9.17) is 18.9 Å². The molecule has 298 valence electrons. The average Bonchev–Trinajstić information content (AvgIpc) is 3.14. The van der Waals surface area contributed by atoms with Crippen LogP contribution in [0.15, 0.2) is 48.5 Å². The molecule has 0 saturated carbocycles. The van der Waals surface area contributed by atoms with Crippen molar-refractivity contribution in [2.45, 2.75) is 168 Å². The molecule has 0 fully saturated rings. The quantitative estimate of drug-likeness (QED) is 0.0521. The van der Waals surface area contributed by atoms with Crippen molar-refractivity contribution in [3.63, 3.8) is 0 Å². The molecule has 8 nitrogen and oxygen atoms in total. The van der Waals surface area contributed by atoms with Crippen LogP contribution in [0.4, 0.5) is 0 Å². The molecule has 8 heteroatoms. The minimum atomic E-state index is -0.547. The second kappa shape index (κ2) is 30.9. The van der Waals surface area contributed by atoms with Crippen LogP contribution in [0.3, 0.4) is 0 Å². The Morgan fingerprint density at radius 3 is 0.923 bits per heavy atom. The first-order valence-corrected chi connectivity index (χ1v) is 20.9. The molecule has 2 aromatic rings. The molecule has 0 heterocycles. The van der Waals surface area contributed by atoms with Crippen LogP contribution in [0, 0.1) is 0 Å². The molecule has 0 bridgehead atoms. The first-order valence-electron chi connectivity index (χ1n) is 20.9. The van der Waals surface area contributed by atoms with Gasteiger partial charge < -0.3 is 39.8 Å². The van der Waals surface area contributed by atoms with Gasteiger partial charge in [0.2, 0.25) is 0 Å². The van der Waals surface area contributed by atoms with Gasteiger partial charge in [-0.25, -0.2) is 0 Å². The number of para-hydroxylation sites is 4. The summed E-state index contributed by atoms with van der Waals surface area (Å²) >= 11 is 0. The Labute approximate surface area is 317 Å². The van der Waals surface area contributed by atoms with Gasteiger partial charge in [-0.3, -0.25) is 0 Å². The summed E-state index contributed by atoms with van der Waals surface area (Å²) in [4.78, 5) is 0. The SMILES string of the molecule is CC(C)NC[C@@H](O)COc1ccccc1OCCCCCCCCCCCCCCCCCCCCOc1ccccc1OC[C@@H](O)CNC(C)C. The fourth-order valence-corrected chi connectivity index (χ4v) is 6.01. The van der Waals surface area contributed by atoms with E-state index in [9.17, 15) is 10.2 Å². The topological polar surface area (TPSA) is 101 Å². The molecule has 0 radical (unpaired) electrons. The maximum Gasteiger partial charge on any atom is 0.161 e. The van der Waals surface area contributed by atoms with Gasteiger partial charge in [-0.15, -0.1) is 0 Å². The van der Waals surface area contributed by atoms with E-state index in [0.717, 1.165) is 24.3 Å². The summed E-state index contributed by atoms with van der Waals surface area (Å²) in [6.45, 7) is 11.2. The smallest absolute Gasteiger partial charge is 0.161 e. The Bertz CT molecular complexity index is 1010. The Morgan fingerprint density at radius 1 is 0.404 bits per heavy atom. The largest absolute Gasteiger partial charge is 0.490 e. The third kappa shape index (κ3) is 24.7. The number of nitrogens with one attached hydrogen (secondary N) is 2. The monoisotopic (exact) mass is 729 g/mol. The standard InChI is InChI=1S/C44H76N2O6/c1-37(2)45-33-39(47)35-51-43-29-23-21-27-41(43)49-31-25-19-17-15-13-11-9-7-5-6-8-10-12-14-16-18-20-26-32-50-42-28-22-24-30-44(42)52-36-40(48)34-46-38(3)4/h21-24,27-30,37-40,45-48H,5-20,25-26,31-36H2,1-4H3/t39-,40+. The van der Waals surface area contributed by atoms with Gasteiger partial charge in [0.15, 0.2) is 23.0 Å². The van der Waals surface area contributed by atoms with E-state index in [1.165, 1.54) is 103 Å². The number of ether oxygens (including phenoxy) is 4. The summed E-state index contributed by atoms with van der Waals surface area (Å²) in [5.74, 6) is 2.92. The number of aliphatic hydroxyl groups is 2. The van der Waals surface area contributed by atoms with Gasteiger partial charge in [-0.05, 0) is 37.1 Å². The van der Waals surface area contributed by atoms with Crippen LogP contribution in [0.2, 0.25) is 0 Å². The Hall–Kier alpha value is -2.52. The van der Waals surface area contributed by atoms with Crippen molar-refractivity contribution in [1.82, 2.24) is 10.6 Å². The van der Waals surface area contributed by atoms with Gasteiger partial charge in [0.05, 0.1) is 13.2 Å². The highest BCUT2D eigenvalue weighted by Crippen LogP contribution is 2.28. The number of hydrogen-bond donors (Lipinski definition) is 4. The molecule has 0 saturated heterocycles. The van der Waals surface area contributed by atoms with Crippen molar-refractivity contribution < 1.29 is 29.2 Å². The van der Waals surface area contributed by atoms with Crippen LogP contribution < -0.4 is 29.6 Å². The normalized spacial score (nSPS) is 12.7. The first kappa shape index (κ1) is 45.6. The van der Waals surface area contributed by atoms with E-state index in [0.29, 0.717) is 49.9 Å². The summed E-state index contributed by atoms with van der Waals surface area (Å²) in [6.07, 6.45) is 22.4. The summed E-state index contributed by atoms with van der Waals surface area (Å²) in [5, 5.41) is 26.7. The van der Waals surface area contributed by atoms with Crippen LogP contribution in [0.5, 0.6) is 23.0 Å². The van der Waals surface area contributed by atoms with Crippen molar-refractivity contribution in [3.8, 4) is 23.0 Å². The lowest BCUT2D eigenvalue weighted by atomic mass is 10.0. The third-order valence-corrected chi connectivity index (χ3v) is 9.14. The first-order chi connectivity index (χ1) is 25.3. The van der Waals surface area contributed by atoms with Gasteiger partial charge in [0.1, 0.15) is 25.4 Å². The number of benzene rings is 2. The van der Waals surface area contributed by atoms with Crippen LogP contribution >= 0.6 is 0 Å². The van der Waals surface area contributed by atoms with E-state index in [2.05, 4.69) is 38.3 Å². The summed E-state index contributed by atoms with van der Waals surface area (Å²) in [5.41, 5.74) is 0. The highest BCUT2D eigenvalue weighted by Gasteiger charge is 2.11. The molecule has 0 aliphatic rings.